The van der Waals surface area contributed by atoms with E-state index in [1.54, 1.807) is 30.3 Å². The van der Waals surface area contributed by atoms with Gasteiger partial charge in [0.15, 0.2) is 11.5 Å². The Morgan fingerprint density at radius 1 is 1.03 bits per heavy atom. The standard InChI is InChI=1S/C23H21ClN6O2/c24-18-4-2-1-3-16(18)13-19(32)29-9-11-30(12-10-29)23-20-22(25-14-26-23)28-21(27-20)15-5-7-17(31)8-6-15/h1-8,14,31H,9-13H2,(H,25,26,27,28). The molecule has 8 nitrogen and oxygen atoms in total. The van der Waals surface area contributed by atoms with E-state index < -0.39 is 0 Å². The first-order valence-electron chi connectivity index (χ1n) is 10.3. The molecule has 4 aromatic rings. The van der Waals surface area contributed by atoms with Gasteiger partial charge in [-0.1, -0.05) is 29.8 Å². The van der Waals surface area contributed by atoms with Gasteiger partial charge in [-0.2, -0.15) is 0 Å². The first-order chi connectivity index (χ1) is 15.6. The van der Waals surface area contributed by atoms with Crippen LogP contribution in [0.1, 0.15) is 5.56 Å². The summed E-state index contributed by atoms with van der Waals surface area (Å²) in [6.07, 6.45) is 1.81. The number of phenols is 1. The maximum Gasteiger partial charge on any atom is 0.227 e. The Morgan fingerprint density at radius 2 is 1.78 bits per heavy atom. The molecule has 162 valence electrons. The van der Waals surface area contributed by atoms with Crippen LogP contribution in [0.3, 0.4) is 0 Å². The van der Waals surface area contributed by atoms with Gasteiger partial charge in [-0.05, 0) is 35.9 Å². The Balaban J connectivity index is 1.31. The molecule has 2 aromatic carbocycles. The van der Waals surface area contributed by atoms with Gasteiger partial charge < -0.3 is 19.9 Å². The zero-order valence-electron chi connectivity index (χ0n) is 17.2. The topological polar surface area (TPSA) is 98.2 Å². The fourth-order valence-electron chi connectivity index (χ4n) is 3.90. The maximum atomic E-state index is 12.7. The number of hydrogen-bond acceptors (Lipinski definition) is 6. The van der Waals surface area contributed by atoms with Crippen molar-refractivity contribution in [3.8, 4) is 17.1 Å². The van der Waals surface area contributed by atoms with Gasteiger partial charge in [0.1, 0.15) is 23.4 Å². The third kappa shape index (κ3) is 3.97. The van der Waals surface area contributed by atoms with Crippen LogP contribution in [0.2, 0.25) is 5.02 Å². The van der Waals surface area contributed by atoms with E-state index in [0.29, 0.717) is 49.1 Å². The van der Waals surface area contributed by atoms with Gasteiger partial charge in [-0.3, -0.25) is 4.79 Å². The van der Waals surface area contributed by atoms with Crippen LogP contribution < -0.4 is 4.90 Å². The smallest absolute Gasteiger partial charge is 0.227 e. The highest BCUT2D eigenvalue weighted by molar-refractivity contribution is 6.31. The van der Waals surface area contributed by atoms with E-state index in [1.165, 1.54) is 6.33 Å². The first kappa shape index (κ1) is 20.3. The number of imidazole rings is 1. The molecule has 1 saturated heterocycles. The lowest BCUT2D eigenvalue weighted by Gasteiger charge is -2.35. The van der Waals surface area contributed by atoms with Crippen molar-refractivity contribution in [3.05, 3.63) is 65.4 Å². The number of rotatable bonds is 4. The molecular formula is C23H21ClN6O2. The highest BCUT2D eigenvalue weighted by atomic mass is 35.5. The van der Waals surface area contributed by atoms with Gasteiger partial charge in [0, 0.05) is 36.8 Å². The average molecular weight is 449 g/mol. The molecule has 0 unspecified atom stereocenters. The zero-order valence-corrected chi connectivity index (χ0v) is 18.0. The number of benzene rings is 2. The molecule has 1 aliphatic rings. The second-order valence-electron chi connectivity index (χ2n) is 7.66. The number of carbonyl (C=O) groups is 1. The third-order valence-corrected chi connectivity index (χ3v) is 6.01. The molecule has 0 bridgehead atoms. The summed E-state index contributed by atoms with van der Waals surface area (Å²) in [4.78, 5) is 33.4. The van der Waals surface area contributed by atoms with Crippen molar-refractivity contribution in [1.82, 2.24) is 24.8 Å². The number of halogens is 1. The van der Waals surface area contributed by atoms with Crippen LogP contribution in [-0.2, 0) is 11.2 Å². The molecule has 0 aliphatic carbocycles. The van der Waals surface area contributed by atoms with Crippen molar-refractivity contribution in [2.24, 2.45) is 0 Å². The summed E-state index contributed by atoms with van der Waals surface area (Å²) in [5.74, 6) is 1.70. The summed E-state index contributed by atoms with van der Waals surface area (Å²) in [6.45, 7) is 2.53. The number of amides is 1. The maximum absolute atomic E-state index is 12.7. The van der Waals surface area contributed by atoms with E-state index in [1.807, 2.05) is 23.1 Å². The normalized spacial score (nSPS) is 14.2. The van der Waals surface area contributed by atoms with Crippen molar-refractivity contribution in [1.29, 1.82) is 0 Å². The van der Waals surface area contributed by atoms with Crippen LogP contribution in [0.4, 0.5) is 5.82 Å². The fraction of sp³-hybridized carbons (Fsp3) is 0.217. The Hall–Kier alpha value is -3.65. The van der Waals surface area contributed by atoms with Crippen molar-refractivity contribution >= 4 is 34.5 Å². The van der Waals surface area contributed by atoms with Crippen LogP contribution in [0, 0.1) is 0 Å². The summed E-state index contributed by atoms with van der Waals surface area (Å²) in [5, 5.41) is 10.1. The molecule has 0 spiro atoms. The van der Waals surface area contributed by atoms with Crippen molar-refractivity contribution in [2.45, 2.75) is 6.42 Å². The van der Waals surface area contributed by atoms with E-state index in [2.05, 4.69) is 24.8 Å². The van der Waals surface area contributed by atoms with Crippen LogP contribution in [-0.4, -0.2) is 62.0 Å². The van der Waals surface area contributed by atoms with Crippen LogP contribution >= 0.6 is 11.6 Å². The van der Waals surface area contributed by atoms with Gasteiger partial charge in [0.05, 0.1) is 6.42 Å². The summed E-state index contributed by atoms with van der Waals surface area (Å²) in [6, 6.07) is 14.3. The Kier molecular flexibility index (Phi) is 5.36. The number of fused-ring (bicyclic) bond motifs is 1. The van der Waals surface area contributed by atoms with Gasteiger partial charge >= 0.3 is 0 Å². The number of aromatic nitrogens is 4. The van der Waals surface area contributed by atoms with Gasteiger partial charge in [-0.15, -0.1) is 0 Å². The minimum absolute atomic E-state index is 0.0711. The highest BCUT2D eigenvalue weighted by Crippen LogP contribution is 2.27. The summed E-state index contributed by atoms with van der Waals surface area (Å²) < 4.78 is 0. The van der Waals surface area contributed by atoms with E-state index in [-0.39, 0.29) is 11.7 Å². The number of H-pyrrole nitrogens is 1. The number of nitrogens with zero attached hydrogens (tertiary/aromatic N) is 5. The molecule has 2 aromatic heterocycles. The molecule has 1 fully saturated rings. The number of anilines is 1. The van der Waals surface area contributed by atoms with E-state index >= 15 is 0 Å². The molecule has 0 atom stereocenters. The molecule has 1 amide bonds. The predicted octanol–water partition coefficient (Wildman–Crippen LogP) is 3.27. The van der Waals surface area contributed by atoms with Crippen molar-refractivity contribution < 1.29 is 9.90 Å². The molecule has 32 heavy (non-hydrogen) atoms. The molecule has 3 heterocycles. The average Bonchev–Trinajstić information content (AvgIpc) is 3.25. The number of carbonyl (C=O) groups excluding carboxylic acids is 1. The largest absolute Gasteiger partial charge is 0.508 e. The summed E-state index contributed by atoms with van der Waals surface area (Å²) in [7, 11) is 0. The van der Waals surface area contributed by atoms with Gasteiger partial charge in [0.25, 0.3) is 0 Å². The summed E-state index contributed by atoms with van der Waals surface area (Å²) in [5.41, 5.74) is 3.03. The van der Waals surface area contributed by atoms with Crippen molar-refractivity contribution in [2.75, 3.05) is 31.1 Å². The molecular weight excluding hydrogens is 428 g/mol. The minimum Gasteiger partial charge on any atom is -0.508 e. The Labute approximate surface area is 189 Å². The SMILES string of the molecule is O=C(Cc1ccccc1Cl)N1CCN(c2ncnc3nc(-c4ccc(O)cc4)[nH]c23)CC1. The predicted molar refractivity (Wildman–Crippen MR) is 123 cm³/mol. The number of aromatic hydroxyl groups is 1. The number of aromatic amines is 1. The van der Waals surface area contributed by atoms with E-state index in [9.17, 15) is 9.90 Å². The third-order valence-electron chi connectivity index (χ3n) is 5.64. The van der Waals surface area contributed by atoms with Gasteiger partial charge in [0.2, 0.25) is 5.91 Å². The molecule has 1 aliphatic heterocycles. The highest BCUT2D eigenvalue weighted by Gasteiger charge is 2.24. The Bertz CT molecular complexity index is 1270. The van der Waals surface area contributed by atoms with Crippen LogP contribution in [0.15, 0.2) is 54.9 Å². The lowest BCUT2D eigenvalue weighted by molar-refractivity contribution is -0.130. The number of phenolic OH excluding ortho intramolecular Hbond substituents is 1. The molecule has 9 heteroatoms. The number of piperazine rings is 1. The quantitative estimate of drug-likeness (QED) is 0.497. The first-order valence-corrected chi connectivity index (χ1v) is 10.7. The molecule has 0 saturated carbocycles. The lowest BCUT2D eigenvalue weighted by atomic mass is 10.1. The zero-order chi connectivity index (χ0) is 22.1. The summed E-state index contributed by atoms with van der Waals surface area (Å²) >= 11 is 6.20. The number of nitrogens with one attached hydrogen (secondary N) is 1. The second-order valence-corrected chi connectivity index (χ2v) is 8.07. The van der Waals surface area contributed by atoms with E-state index in [4.69, 9.17) is 11.6 Å². The van der Waals surface area contributed by atoms with Crippen molar-refractivity contribution in [3.63, 3.8) is 0 Å². The Morgan fingerprint density at radius 3 is 2.53 bits per heavy atom. The second kappa shape index (κ2) is 8.47. The fourth-order valence-corrected chi connectivity index (χ4v) is 4.10. The minimum atomic E-state index is 0.0711. The molecule has 2 N–H and O–H groups in total. The van der Waals surface area contributed by atoms with E-state index in [0.717, 1.165) is 22.5 Å². The number of hydrogen-bond donors (Lipinski definition) is 2. The van der Waals surface area contributed by atoms with Crippen LogP contribution in [0.25, 0.3) is 22.6 Å². The van der Waals surface area contributed by atoms with Crippen LogP contribution in [0.5, 0.6) is 5.75 Å². The molecule has 0 radical (unpaired) electrons. The van der Waals surface area contributed by atoms with Gasteiger partial charge in [-0.25, -0.2) is 15.0 Å². The monoisotopic (exact) mass is 448 g/mol. The molecule has 5 rings (SSSR count). The lowest BCUT2D eigenvalue weighted by Crippen LogP contribution is -2.49.